The molecule has 0 radical (unpaired) electrons. The smallest absolute Gasteiger partial charge is 0.255 e. The molecule has 0 bridgehead atoms. The first-order valence-electron chi connectivity index (χ1n) is 5.29. The van der Waals surface area contributed by atoms with Crippen molar-refractivity contribution < 1.29 is 9.18 Å². The maximum Gasteiger partial charge on any atom is 0.255 e. The largest absolute Gasteiger partial charge is 0.397 e. The van der Waals surface area contributed by atoms with E-state index in [9.17, 15) is 9.18 Å². The van der Waals surface area contributed by atoms with Crippen molar-refractivity contribution in [1.82, 2.24) is 0 Å². The average molecular weight is 344 g/mol. The van der Waals surface area contributed by atoms with E-state index in [4.69, 9.17) is 17.3 Å². The summed E-state index contributed by atoms with van der Waals surface area (Å²) in [5.41, 5.74) is 6.57. The number of carbonyl (C=O) groups is 1. The molecule has 1 amide bonds. The number of benzene rings is 2. The van der Waals surface area contributed by atoms with Crippen molar-refractivity contribution in [2.45, 2.75) is 0 Å². The average Bonchev–Trinajstić information content (AvgIpc) is 2.37. The standard InChI is InChI=1S/C13H9BrClFN2O/c14-9-5-7(1-3-10(9)15)13(19)18-12-6-8(16)2-4-11(12)17/h1-6H,17H2,(H,18,19). The van der Waals surface area contributed by atoms with Crippen molar-refractivity contribution in [2.24, 2.45) is 0 Å². The lowest BCUT2D eigenvalue weighted by Gasteiger charge is -2.08. The lowest BCUT2D eigenvalue weighted by atomic mass is 10.2. The first-order chi connectivity index (χ1) is 8.97. The van der Waals surface area contributed by atoms with Crippen molar-refractivity contribution in [3.05, 3.63) is 57.3 Å². The highest BCUT2D eigenvalue weighted by Gasteiger charge is 2.10. The molecule has 2 aromatic rings. The molecular formula is C13H9BrClFN2O. The van der Waals surface area contributed by atoms with Gasteiger partial charge in [-0.3, -0.25) is 4.79 Å². The third kappa shape index (κ3) is 3.24. The monoisotopic (exact) mass is 342 g/mol. The number of hydrogen-bond donors (Lipinski definition) is 2. The molecule has 0 saturated heterocycles. The van der Waals surface area contributed by atoms with Crippen LogP contribution in [0.4, 0.5) is 15.8 Å². The Kier molecular flexibility index (Phi) is 4.07. The summed E-state index contributed by atoms with van der Waals surface area (Å²) in [5.74, 6) is -0.864. The summed E-state index contributed by atoms with van der Waals surface area (Å²) in [6.45, 7) is 0. The molecule has 0 aromatic heterocycles. The van der Waals surface area contributed by atoms with Gasteiger partial charge in [-0.2, -0.15) is 0 Å². The van der Waals surface area contributed by atoms with Gasteiger partial charge in [-0.1, -0.05) is 11.6 Å². The predicted octanol–water partition coefficient (Wildman–Crippen LogP) is 4.08. The second-order valence-electron chi connectivity index (χ2n) is 3.81. The highest BCUT2D eigenvalue weighted by molar-refractivity contribution is 9.10. The van der Waals surface area contributed by atoms with Crippen LogP contribution in [0.1, 0.15) is 10.4 Å². The van der Waals surface area contributed by atoms with Crippen LogP contribution in [-0.2, 0) is 0 Å². The van der Waals surface area contributed by atoms with Gasteiger partial charge >= 0.3 is 0 Å². The van der Waals surface area contributed by atoms with Crippen LogP contribution in [0.15, 0.2) is 40.9 Å². The van der Waals surface area contributed by atoms with Crippen molar-refractivity contribution >= 4 is 44.8 Å². The third-order valence-electron chi connectivity index (χ3n) is 2.45. The van der Waals surface area contributed by atoms with Crippen LogP contribution in [0.2, 0.25) is 5.02 Å². The second kappa shape index (κ2) is 5.59. The molecule has 0 heterocycles. The normalized spacial score (nSPS) is 10.3. The number of amides is 1. The highest BCUT2D eigenvalue weighted by Crippen LogP contribution is 2.25. The minimum absolute atomic E-state index is 0.232. The molecule has 6 heteroatoms. The van der Waals surface area contributed by atoms with Gasteiger partial charge in [-0.05, 0) is 52.3 Å². The van der Waals surface area contributed by atoms with Crippen molar-refractivity contribution in [3.8, 4) is 0 Å². The Morgan fingerprint density at radius 2 is 2.00 bits per heavy atom. The Bertz CT molecular complexity index is 649. The first kappa shape index (κ1) is 13.8. The molecule has 98 valence electrons. The fourth-order valence-electron chi connectivity index (χ4n) is 1.47. The number of carbonyl (C=O) groups excluding carboxylic acids is 1. The maximum atomic E-state index is 13.1. The van der Waals surface area contributed by atoms with Crippen molar-refractivity contribution in [1.29, 1.82) is 0 Å². The van der Waals surface area contributed by atoms with E-state index in [0.717, 1.165) is 6.07 Å². The molecule has 0 atom stereocenters. The SMILES string of the molecule is Nc1ccc(F)cc1NC(=O)c1ccc(Cl)c(Br)c1. The van der Waals surface area contributed by atoms with Crippen molar-refractivity contribution in [3.63, 3.8) is 0 Å². The number of nitrogen functional groups attached to an aromatic ring is 1. The molecule has 0 aliphatic carbocycles. The molecule has 2 aromatic carbocycles. The Hall–Kier alpha value is -1.59. The molecule has 0 saturated carbocycles. The number of rotatable bonds is 2. The van der Waals surface area contributed by atoms with E-state index < -0.39 is 11.7 Å². The fraction of sp³-hybridized carbons (Fsp3) is 0. The number of hydrogen-bond acceptors (Lipinski definition) is 2. The van der Waals surface area contributed by atoms with E-state index in [1.165, 1.54) is 12.1 Å². The first-order valence-corrected chi connectivity index (χ1v) is 6.46. The van der Waals surface area contributed by atoms with E-state index in [0.29, 0.717) is 20.7 Å². The Labute approximate surface area is 122 Å². The van der Waals surface area contributed by atoms with Crippen molar-refractivity contribution in [2.75, 3.05) is 11.1 Å². The molecule has 0 aliphatic heterocycles. The Morgan fingerprint density at radius 1 is 1.26 bits per heavy atom. The molecule has 0 fully saturated rings. The lowest BCUT2D eigenvalue weighted by molar-refractivity contribution is 0.102. The summed E-state index contributed by atoms with van der Waals surface area (Å²) in [4.78, 5) is 12.0. The lowest BCUT2D eigenvalue weighted by Crippen LogP contribution is -2.13. The Balaban J connectivity index is 2.25. The summed E-state index contributed by atoms with van der Waals surface area (Å²) < 4.78 is 13.7. The van der Waals surface area contributed by atoms with Gasteiger partial charge in [-0.15, -0.1) is 0 Å². The topological polar surface area (TPSA) is 55.1 Å². The molecular weight excluding hydrogens is 335 g/mol. The zero-order chi connectivity index (χ0) is 14.0. The summed E-state index contributed by atoms with van der Waals surface area (Å²) in [7, 11) is 0. The van der Waals surface area contributed by atoms with Crippen LogP contribution in [0, 0.1) is 5.82 Å². The molecule has 0 aliphatic rings. The van der Waals surface area contributed by atoms with Gasteiger partial charge in [0.1, 0.15) is 5.82 Å². The van der Waals surface area contributed by atoms with Crippen LogP contribution < -0.4 is 11.1 Å². The Morgan fingerprint density at radius 3 is 2.68 bits per heavy atom. The summed E-state index contributed by atoms with van der Waals surface area (Å²) in [6, 6.07) is 8.52. The van der Waals surface area contributed by atoms with Crippen LogP contribution in [0.25, 0.3) is 0 Å². The minimum atomic E-state index is -0.471. The van der Waals surface area contributed by atoms with Gasteiger partial charge in [0.2, 0.25) is 0 Å². The van der Waals surface area contributed by atoms with E-state index in [1.807, 2.05) is 0 Å². The van der Waals surface area contributed by atoms with Crippen LogP contribution in [0.5, 0.6) is 0 Å². The fourth-order valence-corrected chi connectivity index (χ4v) is 1.96. The van der Waals surface area contributed by atoms with E-state index in [-0.39, 0.29) is 5.69 Å². The summed E-state index contributed by atoms with van der Waals surface area (Å²) in [5, 5.41) is 3.05. The van der Waals surface area contributed by atoms with Crippen LogP contribution >= 0.6 is 27.5 Å². The van der Waals surface area contributed by atoms with E-state index in [1.54, 1.807) is 18.2 Å². The molecule has 19 heavy (non-hydrogen) atoms. The molecule has 0 unspecified atom stereocenters. The molecule has 0 spiro atoms. The zero-order valence-corrected chi connectivity index (χ0v) is 11.9. The van der Waals surface area contributed by atoms with Gasteiger partial charge < -0.3 is 11.1 Å². The van der Waals surface area contributed by atoms with Gasteiger partial charge in [0.25, 0.3) is 5.91 Å². The van der Waals surface area contributed by atoms with Crippen LogP contribution in [0.3, 0.4) is 0 Å². The van der Waals surface area contributed by atoms with Gasteiger partial charge in [0.15, 0.2) is 0 Å². The summed E-state index contributed by atoms with van der Waals surface area (Å²) in [6.07, 6.45) is 0. The second-order valence-corrected chi connectivity index (χ2v) is 5.08. The molecule has 3 N–H and O–H groups in total. The molecule has 2 rings (SSSR count). The van der Waals surface area contributed by atoms with Gasteiger partial charge in [0.05, 0.1) is 16.4 Å². The summed E-state index contributed by atoms with van der Waals surface area (Å²) >= 11 is 9.07. The van der Waals surface area contributed by atoms with Gasteiger partial charge in [0, 0.05) is 10.0 Å². The molecule has 3 nitrogen and oxygen atoms in total. The number of halogens is 3. The van der Waals surface area contributed by atoms with E-state index >= 15 is 0 Å². The quantitative estimate of drug-likeness (QED) is 0.807. The van der Waals surface area contributed by atoms with E-state index in [2.05, 4.69) is 21.2 Å². The number of nitrogens with two attached hydrogens (primary N) is 1. The number of nitrogens with one attached hydrogen (secondary N) is 1. The zero-order valence-electron chi connectivity index (χ0n) is 9.58. The van der Waals surface area contributed by atoms with Crippen LogP contribution in [-0.4, -0.2) is 5.91 Å². The maximum absolute atomic E-state index is 13.1. The predicted molar refractivity (Wildman–Crippen MR) is 77.9 cm³/mol. The minimum Gasteiger partial charge on any atom is -0.397 e. The van der Waals surface area contributed by atoms with Gasteiger partial charge in [-0.25, -0.2) is 4.39 Å². The highest BCUT2D eigenvalue weighted by atomic mass is 79.9. The third-order valence-corrected chi connectivity index (χ3v) is 3.66. The number of anilines is 2.